The molecule has 0 aliphatic heterocycles. The molecule has 0 radical (unpaired) electrons. The first-order valence-electron chi connectivity index (χ1n) is 6.82. The summed E-state index contributed by atoms with van der Waals surface area (Å²) in [6, 6.07) is 7.38. The molecule has 1 heterocycles. The van der Waals surface area contributed by atoms with Crippen molar-refractivity contribution in [3.05, 3.63) is 54.1 Å². The lowest BCUT2D eigenvalue weighted by molar-refractivity contribution is 0.0953. The molecule has 20 heavy (non-hydrogen) atoms. The first-order chi connectivity index (χ1) is 9.79. The molecule has 0 atom stereocenters. The zero-order valence-corrected chi connectivity index (χ0v) is 11.5. The van der Waals surface area contributed by atoms with Gasteiger partial charge in [-0.2, -0.15) is 0 Å². The highest BCUT2D eigenvalue weighted by molar-refractivity contribution is 5.94. The molecule has 0 fully saturated rings. The van der Waals surface area contributed by atoms with Gasteiger partial charge in [-0.25, -0.2) is 4.98 Å². The number of amides is 1. The Kier molecular flexibility index (Phi) is 5.32. The van der Waals surface area contributed by atoms with Gasteiger partial charge in [0.2, 0.25) is 0 Å². The Morgan fingerprint density at radius 1 is 1.25 bits per heavy atom. The molecule has 0 unspecified atom stereocenters. The van der Waals surface area contributed by atoms with Crippen LogP contribution in [0.4, 0.5) is 0 Å². The highest BCUT2D eigenvalue weighted by Crippen LogP contribution is 2.03. The fraction of sp³-hybridized carbons (Fsp3) is 0.333. The van der Waals surface area contributed by atoms with Crippen LogP contribution in [0, 0.1) is 0 Å². The molecule has 0 aliphatic carbocycles. The van der Waals surface area contributed by atoms with Crippen molar-refractivity contribution >= 4 is 5.91 Å². The average molecular weight is 272 g/mol. The smallest absolute Gasteiger partial charge is 0.251 e. The summed E-state index contributed by atoms with van der Waals surface area (Å²) in [6.45, 7) is 2.11. The number of benzene rings is 1. The number of aryl methyl sites for hydroxylation is 1. The Balaban J connectivity index is 1.66. The molecule has 2 aromatic rings. The van der Waals surface area contributed by atoms with Gasteiger partial charge in [0, 0.05) is 37.6 Å². The van der Waals surface area contributed by atoms with Crippen LogP contribution in [0.5, 0.6) is 0 Å². The SMILES string of the molecule is NCc1ccc(C(=O)NCCCCn2ccnc2)cc1. The first kappa shape index (κ1) is 14.3. The number of nitrogens with two attached hydrogens (primary N) is 1. The maximum atomic E-state index is 11.9. The summed E-state index contributed by atoms with van der Waals surface area (Å²) in [7, 11) is 0. The lowest BCUT2D eigenvalue weighted by Gasteiger charge is -2.06. The minimum Gasteiger partial charge on any atom is -0.352 e. The van der Waals surface area contributed by atoms with E-state index in [0.717, 1.165) is 24.9 Å². The monoisotopic (exact) mass is 272 g/mol. The third-order valence-corrected chi connectivity index (χ3v) is 3.14. The van der Waals surface area contributed by atoms with Gasteiger partial charge in [-0.05, 0) is 30.5 Å². The Morgan fingerprint density at radius 3 is 2.70 bits per heavy atom. The molecule has 0 aliphatic rings. The van der Waals surface area contributed by atoms with E-state index < -0.39 is 0 Å². The van der Waals surface area contributed by atoms with Crippen molar-refractivity contribution in [2.45, 2.75) is 25.9 Å². The molecule has 0 bridgehead atoms. The van der Waals surface area contributed by atoms with E-state index >= 15 is 0 Å². The van der Waals surface area contributed by atoms with E-state index in [-0.39, 0.29) is 5.91 Å². The van der Waals surface area contributed by atoms with Crippen LogP contribution >= 0.6 is 0 Å². The highest BCUT2D eigenvalue weighted by Gasteiger charge is 2.03. The number of carbonyl (C=O) groups is 1. The lowest BCUT2D eigenvalue weighted by atomic mass is 10.1. The lowest BCUT2D eigenvalue weighted by Crippen LogP contribution is -2.24. The van der Waals surface area contributed by atoms with Crippen molar-refractivity contribution in [1.82, 2.24) is 14.9 Å². The number of nitrogens with zero attached hydrogens (tertiary/aromatic N) is 2. The topological polar surface area (TPSA) is 72.9 Å². The number of imidazole rings is 1. The van der Waals surface area contributed by atoms with Gasteiger partial charge in [0.05, 0.1) is 6.33 Å². The van der Waals surface area contributed by atoms with E-state index in [4.69, 9.17) is 5.73 Å². The summed E-state index contributed by atoms with van der Waals surface area (Å²) in [5, 5.41) is 2.92. The molecule has 5 heteroatoms. The van der Waals surface area contributed by atoms with Gasteiger partial charge in [-0.3, -0.25) is 4.79 Å². The molecule has 1 amide bonds. The summed E-state index contributed by atoms with van der Waals surface area (Å²) < 4.78 is 2.04. The van der Waals surface area contributed by atoms with Crippen molar-refractivity contribution in [2.75, 3.05) is 6.54 Å². The Morgan fingerprint density at radius 2 is 2.05 bits per heavy atom. The fourth-order valence-corrected chi connectivity index (χ4v) is 1.93. The van der Waals surface area contributed by atoms with Crippen molar-refractivity contribution in [1.29, 1.82) is 0 Å². The average Bonchev–Trinajstić information content (AvgIpc) is 3.00. The van der Waals surface area contributed by atoms with Crippen LogP contribution in [-0.2, 0) is 13.1 Å². The maximum absolute atomic E-state index is 11.9. The Bertz CT molecular complexity index is 519. The van der Waals surface area contributed by atoms with Crippen LogP contribution in [0.1, 0.15) is 28.8 Å². The maximum Gasteiger partial charge on any atom is 0.251 e. The van der Waals surface area contributed by atoms with Crippen LogP contribution in [0.3, 0.4) is 0 Å². The molecule has 0 saturated carbocycles. The molecule has 0 saturated heterocycles. The van der Waals surface area contributed by atoms with Crippen molar-refractivity contribution < 1.29 is 4.79 Å². The quantitative estimate of drug-likeness (QED) is 0.751. The summed E-state index contributed by atoms with van der Waals surface area (Å²) in [5.41, 5.74) is 7.23. The summed E-state index contributed by atoms with van der Waals surface area (Å²) in [4.78, 5) is 15.9. The van der Waals surface area contributed by atoms with Crippen LogP contribution < -0.4 is 11.1 Å². The Hall–Kier alpha value is -2.14. The van der Waals surface area contributed by atoms with E-state index in [0.29, 0.717) is 18.7 Å². The minimum atomic E-state index is -0.0313. The van der Waals surface area contributed by atoms with E-state index in [2.05, 4.69) is 10.3 Å². The zero-order chi connectivity index (χ0) is 14.2. The first-order valence-corrected chi connectivity index (χ1v) is 6.82. The molecule has 2 rings (SSSR count). The molecule has 106 valence electrons. The highest BCUT2D eigenvalue weighted by atomic mass is 16.1. The number of hydrogen-bond acceptors (Lipinski definition) is 3. The van der Waals surface area contributed by atoms with Gasteiger partial charge in [-0.1, -0.05) is 12.1 Å². The largest absolute Gasteiger partial charge is 0.352 e. The fourth-order valence-electron chi connectivity index (χ4n) is 1.93. The molecule has 0 spiro atoms. The molecule has 3 N–H and O–H groups in total. The van der Waals surface area contributed by atoms with E-state index in [1.807, 2.05) is 35.0 Å². The molecular weight excluding hydrogens is 252 g/mol. The summed E-state index contributed by atoms with van der Waals surface area (Å²) in [6.07, 6.45) is 7.48. The number of hydrogen-bond donors (Lipinski definition) is 2. The van der Waals surface area contributed by atoms with Gasteiger partial charge in [0.25, 0.3) is 5.91 Å². The summed E-state index contributed by atoms with van der Waals surface area (Å²) in [5.74, 6) is -0.0313. The number of carbonyl (C=O) groups excluding carboxylic acids is 1. The van der Waals surface area contributed by atoms with Crippen LogP contribution in [0.25, 0.3) is 0 Å². The molecular formula is C15H20N4O. The third kappa shape index (κ3) is 4.20. The molecule has 1 aromatic carbocycles. The van der Waals surface area contributed by atoms with E-state index in [1.165, 1.54) is 0 Å². The van der Waals surface area contributed by atoms with Crippen LogP contribution in [0.15, 0.2) is 43.0 Å². The zero-order valence-electron chi connectivity index (χ0n) is 11.5. The van der Waals surface area contributed by atoms with Crippen molar-refractivity contribution in [3.8, 4) is 0 Å². The Labute approximate surface area is 118 Å². The standard InChI is InChI=1S/C15H20N4O/c16-11-13-3-5-14(6-4-13)15(20)18-7-1-2-9-19-10-8-17-12-19/h3-6,8,10,12H,1-2,7,9,11,16H2,(H,18,20). The minimum absolute atomic E-state index is 0.0313. The second-order valence-corrected chi connectivity index (χ2v) is 4.66. The summed E-state index contributed by atoms with van der Waals surface area (Å²) >= 11 is 0. The predicted molar refractivity (Wildman–Crippen MR) is 78.1 cm³/mol. The van der Waals surface area contributed by atoms with Gasteiger partial charge in [0.15, 0.2) is 0 Å². The number of nitrogens with one attached hydrogen (secondary N) is 1. The number of unbranched alkanes of at least 4 members (excludes halogenated alkanes) is 1. The number of aromatic nitrogens is 2. The van der Waals surface area contributed by atoms with Gasteiger partial charge in [-0.15, -0.1) is 0 Å². The molecule has 1 aromatic heterocycles. The number of rotatable bonds is 7. The molecule has 5 nitrogen and oxygen atoms in total. The second kappa shape index (κ2) is 7.45. The van der Waals surface area contributed by atoms with E-state index in [9.17, 15) is 4.79 Å². The van der Waals surface area contributed by atoms with Crippen LogP contribution in [-0.4, -0.2) is 22.0 Å². The third-order valence-electron chi connectivity index (χ3n) is 3.14. The van der Waals surface area contributed by atoms with Gasteiger partial charge < -0.3 is 15.6 Å². The predicted octanol–water partition coefficient (Wildman–Crippen LogP) is 1.55. The van der Waals surface area contributed by atoms with Gasteiger partial charge in [0.1, 0.15) is 0 Å². The van der Waals surface area contributed by atoms with Crippen LogP contribution in [0.2, 0.25) is 0 Å². The normalized spacial score (nSPS) is 10.4. The van der Waals surface area contributed by atoms with Gasteiger partial charge >= 0.3 is 0 Å². The van der Waals surface area contributed by atoms with Crippen molar-refractivity contribution in [2.24, 2.45) is 5.73 Å². The van der Waals surface area contributed by atoms with Crippen molar-refractivity contribution in [3.63, 3.8) is 0 Å². The second-order valence-electron chi connectivity index (χ2n) is 4.66. The van der Waals surface area contributed by atoms with E-state index in [1.54, 1.807) is 12.5 Å².